The number of hydrogen-bond donors (Lipinski definition) is 3. The number of ether oxygens (including phenoxy) is 2. The highest BCUT2D eigenvalue weighted by atomic mass is 32.1. The van der Waals surface area contributed by atoms with Crippen LogP contribution in [-0.4, -0.2) is 29.9 Å². The van der Waals surface area contributed by atoms with Crippen LogP contribution < -0.4 is 20.9 Å². The molecule has 0 saturated carbocycles. The molecule has 0 amide bonds. The van der Waals surface area contributed by atoms with Crippen LogP contribution in [-0.2, 0) is 0 Å². The van der Waals surface area contributed by atoms with Gasteiger partial charge in [-0.1, -0.05) is 29.5 Å². The van der Waals surface area contributed by atoms with Gasteiger partial charge in [0.2, 0.25) is 0 Å². The number of nitrogens with zero attached hydrogens (tertiary/aromatic N) is 1. The smallest absolute Gasteiger partial charge is 0.339 e. The van der Waals surface area contributed by atoms with Crippen LogP contribution in [0, 0.1) is 0 Å². The number of aromatic carboxylic acids is 1. The number of carboxylic acids is 1. The van der Waals surface area contributed by atoms with Gasteiger partial charge in [0.05, 0.1) is 11.8 Å². The molecular formula is C16H17N3O4S. The lowest BCUT2D eigenvalue weighted by Crippen LogP contribution is -2.10. The summed E-state index contributed by atoms with van der Waals surface area (Å²) < 4.78 is 11.1. The average molecular weight is 347 g/mol. The van der Waals surface area contributed by atoms with Gasteiger partial charge in [-0.25, -0.2) is 9.78 Å². The number of nitrogen functional groups attached to an aromatic ring is 1. The zero-order chi connectivity index (χ0) is 17.5. The topological polar surface area (TPSA) is 121 Å². The van der Waals surface area contributed by atoms with E-state index in [1.807, 2.05) is 18.2 Å². The Balaban J connectivity index is 0.000000174. The molecule has 0 aliphatic heterocycles. The first-order valence-corrected chi connectivity index (χ1v) is 7.72. The predicted octanol–water partition coefficient (Wildman–Crippen LogP) is 2.57. The van der Waals surface area contributed by atoms with E-state index in [1.165, 1.54) is 17.4 Å². The van der Waals surface area contributed by atoms with Gasteiger partial charge in [-0.3, -0.25) is 5.73 Å². The number of thiazole rings is 1. The van der Waals surface area contributed by atoms with Crippen LogP contribution in [0.3, 0.4) is 0 Å². The Morgan fingerprint density at radius 1 is 1.21 bits per heavy atom. The minimum absolute atomic E-state index is 0.0235. The van der Waals surface area contributed by atoms with Gasteiger partial charge in [0.15, 0.2) is 5.13 Å². The lowest BCUT2D eigenvalue weighted by molar-refractivity contribution is 0.0692. The van der Waals surface area contributed by atoms with Crippen molar-refractivity contribution in [1.82, 2.24) is 4.98 Å². The van der Waals surface area contributed by atoms with Gasteiger partial charge in [0, 0.05) is 0 Å². The fourth-order valence-electron chi connectivity index (χ4n) is 1.96. The van der Waals surface area contributed by atoms with E-state index in [4.69, 9.17) is 26.0 Å². The molecule has 2 aromatic carbocycles. The number of nitrogens with two attached hydrogens (primary N) is 2. The fraction of sp³-hybridized carbons (Fsp3) is 0.125. The average Bonchev–Trinajstić information content (AvgIpc) is 2.96. The Labute approximate surface area is 142 Å². The van der Waals surface area contributed by atoms with Gasteiger partial charge < -0.3 is 20.3 Å². The first-order valence-electron chi connectivity index (χ1n) is 6.91. The largest absolute Gasteiger partial charge is 0.494 e. The first-order chi connectivity index (χ1) is 11.6. The highest BCUT2D eigenvalue weighted by Crippen LogP contribution is 2.30. The summed E-state index contributed by atoms with van der Waals surface area (Å²) in [6, 6.07) is 12.1. The quantitative estimate of drug-likeness (QED) is 0.620. The minimum atomic E-state index is -1.01. The number of hydrogen-bond acceptors (Lipinski definition) is 7. The highest BCUT2D eigenvalue weighted by molar-refractivity contribution is 7.22. The SMILES string of the molecule is COc1cccc2sc(N)nc12.NCOc1ccccc1C(=O)O. The molecule has 0 atom stereocenters. The maximum absolute atomic E-state index is 10.6. The number of aromatic nitrogens is 1. The lowest BCUT2D eigenvalue weighted by atomic mass is 10.2. The zero-order valence-electron chi connectivity index (χ0n) is 12.9. The van der Waals surface area contributed by atoms with E-state index in [2.05, 4.69) is 4.98 Å². The van der Waals surface area contributed by atoms with Crippen molar-refractivity contribution < 1.29 is 19.4 Å². The second kappa shape index (κ2) is 8.14. The molecule has 0 fully saturated rings. The number of fused-ring (bicyclic) bond motifs is 1. The van der Waals surface area contributed by atoms with Crippen molar-refractivity contribution >= 4 is 32.7 Å². The molecule has 126 valence electrons. The minimum Gasteiger partial charge on any atom is -0.494 e. The molecule has 0 radical (unpaired) electrons. The van der Waals surface area contributed by atoms with Crippen LogP contribution in [0.15, 0.2) is 42.5 Å². The highest BCUT2D eigenvalue weighted by Gasteiger charge is 2.08. The molecule has 0 aliphatic carbocycles. The number of carbonyl (C=O) groups is 1. The van der Waals surface area contributed by atoms with Crippen LogP contribution in [0.25, 0.3) is 10.2 Å². The van der Waals surface area contributed by atoms with Crippen molar-refractivity contribution in [2.75, 3.05) is 19.6 Å². The van der Waals surface area contributed by atoms with Gasteiger partial charge in [-0.2, -0.15) is 0 Å². The van der Waals surface area contributed by atoms with Gasteiger partial charge >= 0.3 is 5.97 Å². The summed E-state index contributed by atoms with van der Waals surface area (Å²) >= 11 is 1.47. The van der Waals surface area contributed by atoms with Crippen LogP contribution in [0.5, 0.6) is 11.5 Å². The van der Waals surface area contributed by atoms with Gasteiger partial charge in [-0.05, 0) is 24.3 Å². The number of carboxylic acid groups (broad SMARTS) is 1. The molecule has 0 aliphatic rings. The number of benzene rings is 2. The van der Waals surface area contributed by atoms with Gasteiger partial charge in [-0.15, -0.1) is 0 Å². The van der Waals surface area contributed by atoms with Crippen LogP contribution in [0.4, 0.5) is 5.13 Å². The number of methoxy groups -OCH3 is 1. The lowest BCUT2D eigenvalue weighted by Gasteiger charge is -2.04. The molecule has 1 heterocycles. The molecule has 8 heteroatoms. The summed E-state index contributed by atoms with van der Waals surface area (Å²) in [5.74, 6) is 0.0620. The zero-order valence-corrected chi connectivity index (χ0v) is 13.7. The normalized spacial score (nSPS) is 9.92. The second-order valence-corrected chi connectivity index (χ2v) is 5.53. The third kappa shape index (κ3) is 4.12. The Kier molecular flexibility index (Phi) is 5.94. The summed E-state index contributed by atoms with van der Waals surface area (Å²) in [5, 5.41) is 9.25. The van der Waals surface area contributed by atoms with E-state index in [1.54, 1.807) is 25.3 Å². The van der Waals surface area contributed by atoms with Gasteiger partial charge in [0.25, 0.3) is 0 Å². The van der Waals surface area contributed by atoms with Crippen LogP contribution in [0.1, 0.15) is 10.4 Å². The summed E-state index contributed by atoms with van der Waals surface area (Å²) in [4.78, 5) is 14.7. The summed E-state index contributed by atoms with van der Waals surface area (Å²) in [6.45, 7) is -0.0235. The van der Waals surface area contributed by atoms with Crippen LogP contribution >= 0.6 is 11.3 Å². The summed E-state index contributed by atoms with van der Waals surface area (Å²) in [7, 11) is 1.63. The molecular weight excluding hydrogens is 330 g/mol. The third-order valence-corrected chi connectivity index (χ3v) is 3.82. The van der Waals surface area contributed by atoms with E-state index >= 15 is 0 Å². The predicted molar refractivity (Wildman–Crippen MR) is 93.7 cm³/mol. The summed E-state index contributed by atoms with van der Waals surface area (Å²) in [6.07, 6.45) is 0. The number of rotatable bonds is 4. The van der Waals surface area contributed by atoms with E-state index in [0.717, 1.165) is 16.0 Å². The molecule has 24 heavy (non-hydrogen) atoms. The standard InChI is InChI=1S/C8H8N2OS.C8H9NO3/c1-11-5-3-2-4-6-7(5)10-8(9)12-6;9-5-12-7-4-2-1-3-6(7)8(10)11/h2-4H,1H3,(H2,9,10);1-4H,5,9H2,(H,10,11). The molecule has 3 aromatic rings. The Morgan fingerprint density at radius 3 is 2.58 bits per heavy atom. The van der Waals surface area contributed by atoms with E-state index in [-0.39, 0.29) is 12.3 Å². The molecule has 7 nitrogen and oxygen atoms in total. The number of para-hydroxylation sites is 2. The second-order valence-electron chi connectivity index (χ2n) is 4.47. The Hall–Kier alpha value is -2.84. The van der Waals surface area contributed by atoms with Crippen molar-refractivity contribution in [2.24, 2.45) is 5.73 Å². The Morgan fingerprint density at radius 2 is 1.92 bits per heavy atom. The van der Waals surface area contributed by atoms with E-state index in [9.17, 15) is 4.79 Å². The molecule has 0 unspecified atom stereocenters. The Bertz CT molecular complexity index is 835. The molecule has 3 rings (SSSR count). The molecule has 0 bridgehead atoms. The molecule has 1 aromatic heterocycles. The maximum atomic E-state index is 10.6. The van der Waals surface area contributed by atoms with Crippen molar-refractivity contribution in [2.45, 2.75) is 0 Å². The fourth-order valence-corrected chi connectivity index (χ4v) is 2.72. The third-order valence-electron chi connectivity index (χ3n) is 2.97. The maximum Gasteiger partial charge on any atom is 0.339 e. The van der Waals surface area contributed by atoms with Crippen LogP contribution in [0.2, 0.25) is 0 Å². The van der Waals surface area contributed by atoms with Crippen molar-refractivity contribution in [3.8, 4) is 11.5 Å². The van der Waals surface area contributed by atoms with Gasteiger partial charge in [0.1, 0.15) is 29.3 Å². The molecule has 0 spiro atoms. The molecule has 0 saturated heterocycles. The van der Waals surface area contributed by atoms with E-state index in [0.29, 0.717) is 10.9 Å². The first kappa shape index (κ1) is 17.5. The van der Waals surface area contributed by atoms with Crippen molar-refractivity contribution in [1.29, 1.82) is 0 Å². The number of anilines is 1. The van der Waals surface area contributed by atoms with Crippen molar-refractivity contribution in [3.63, 3.8) is 0 Å². The van der Waals surface area contributed by atoms with Crippen molar-refractivity contribution in [3.05, 3.63) is 48.0 Å². The molecule has 5 N–H and O–H groups in total. The monoisotopic (exact) mass is 347 g/mol. The van der Waals surface area contributed by atoms with E-state index < -0.39 is 5.97 Å². The summed E-state index contributed by atoms with van der Waals surface area (Å²) in [5.41, 5.74) is 11.7.